The Morgan fingerprint density at radius 3 is 2.58 bits per heavy atom. The van der Waals surface area contributed by atoms with Gasteiger partial charge in [-0.1, -0.05) is 41.9 Å². The van der Waals surface area contributed by atoms with Crippen molar-refractivity contribution in [3.8, 4) is 0 Å². The van der Waals surface area contributed by atoms with Gasteiger partial charge in [-0.25, -0.2) is 0 Å². The zero-order valence-corrected chi connectivity index (χ0v) is 14.2. The Morgan fingerprint density at radius 1 is 1.42 bits per heavy atom. The summed E-state index contributed by atoms with van der Waals surface area (Å²) in [6.45, 7) is 9.73. The monoisotopic (exact) mass is 328 g/mol. The minimum absolute atomic E-state index is 0.117. The first-order valence-corrected chi connectivity index (χ1v) is 7.79. The average Bonchev–Trinajstić information content (AvgIpc) is 2.28. The molecule has 0 unspecified atom stereocenters. The van der Waals surface area contributed by atoms with Crippen LogP contribution in [0.15, 0.2) is 22.2 Å². The Morgan fingerprint density at radius 2 is 2.05 bits per heavy atom. The van der Waals surface area contributed by atoms with Crippen LogP contribution in [-0.4, -0.2) is 11.6 Å². The summed E-state index contributed by atoms with van der Waals surface area (Å²) in [4.78, 5) is 12.0. The average molecular weight is 329 g/mol. The number of allylic oxidation sites excluding steroid dienone is 4. The second-order valence-corrected chi connectivity index (χ2v) is 7.17. The van der Waals surface area contributed by atoms with Gasteiger partial charge in [-0.2, -0.15) is 0 Å². The summed E-state index contributed by atoms with van der Waals surface area (Å²) in [6, 6.07) is 0. The predicted octanol–water partition coefficient (Wildman–Crippen LogP) is 4.99. The van der Waals surface area contributed by atoms with Crippen molar-refractivity contribution in [1.82, 2.24) is 0 Å². The predicted molar refractivity (Wildman–Crippen MR) is 83.1 cm³/mol. The van der Waals surface area contributed by atoms with E-state index in [1.54, 1.807) is 0 Å². The maximum Gasteiger partial charge on any atom is 0.309 e. The Labute approximate surface area is 125 Å². The molecular formula is C16H25BrO2. The molecule has 0 aromatic rings. The van der Waals surface area contributed by atoms with Crippen molar-refractivity contribution in [2.24, 2.45) is 11.8 Å². The van der Waals surface area contributed by atoms with Gasteiger partial charge in [0.2, 0.25) is 0 Å². The van der Waals surface area contributed by atoms with Crippen LogP contribution in [0, 0.1) is 11.8 Å². The Kier molecular flexibility index (Phi) is 5.84. The molecule has 0 amide bonds. The first-order valence-electron chi connectivity index (χ1n) is 7.00. The lowest BCUT2D eigenvalue weighted by molar-refractivity contribution is -0.160. The largest absolute Gasteiger partial charge is 0.460 e. The van der Waals surface area contributed by atoms with Crippen molar-refractivity contribution >= 4 is 21.9 Å². The molecule has 1 aliphatic rings. The molecule has 0 aromatic heterocycles. The van der Waals surface area contributed by atoms with E-state index in [1.807, 2.05) is 27.7 Å². The zero-order valence-electron chi connectivity index (χ0n) is 12.6. The van der Waals surface area contributed by atoms with Crippen LogP contribution in [0.25, 0.3) is 0 Å². The number of rotatable bonds is 3. The first-order chi connectivity index (χ1) is 8.70. The molecule has 0 saturated carbocycles. The van der Waals surface area contributed by atoms with E-state index in [1.165, 1.54) is 16.5 Å². The molecule has 0 aromatic carbocycles. The van der Waals surface area contributed by atoms with Gasteiger partial charge in [-0.15, -0.1) is 0 Å². The second-order valence-electron chi connectivity index (χ2n) is 6.32. The number of carbonyl (C=O) groups excluding carboxylic acids is 1. The van der Waals surface area contributed by atoms with E-state index in [-0.39, 0.29) is 17.8 Å². The van der Waals surface area contributed by atoms with Gasteiger partial charge in [-0.3, -0.25) is 4.79 Å². The summed E-state index contributed by atoms with van der Waals surface area (Å²) in [5.41, 5.74) is 0.901. The second kappa shape index (κ2) is 6.74. The Bertz CT molecular complexity index is 388. The summed E-state index contributed by atoms with van der Waals surface area (Å²) < 4.78 is 6.62. The van der Waals surface area contributed by atoms with Crippen LogP contribution >= 0.6 is 15.9 Å². The van der Waals surface area contributed by atoms with Gasteiger partial charge in [0.25, 0.3) is 0 Å². The van der Waals surface area contributed by atoms with E-state index >= 15 is 0 Å². The third-order valence-electron chi connectivity index (χ3n) is 3.31. The fourth-order valence-electron chi connectivity index (χ4n) is 2.01. The number of halogens is 1. The van der Waals surface area contributed by atoms with E-state index < -0.39 is 5.60 Å². The van der Waals surface area contributed by atoms with Gasteiger partial charge in [0, 0.05) is 4.48 Å². The fraction of sp³-hybridized carbons (Fsp3) is 0.688. The molecule has 0 radical (unpaired) electrons. The molecule has 0 spiro atoms. The van der Waals surface area contributed by atoms with E-state index in [9.17, 15) is 4.79 Å². The van der Waals surface area contributed by atoms with Gasteiger partial charge in [0.05, 0.1) is 5.92 Å². The Balaban J connectivity index is 2.69. The quantitative estimate of drug-likeness (QED) is 0.682. The number of hydrogen-bond acceptors (Lipinski definition) is 2. The van der Waals surface area contributed by atoms with Crippen molar-refractivity contribution < 1.29 is 9.53 Å². The topological polar surface area (TPSA) is 26.3 Å². The first kappa shape index (κ1) is 16.5. The Hall–Kier alpha value is -0.570. The summed E-state index contributed by atoms with van der Waals surface area (Å²) in [5, 5.41) is 0. The molecule has 0 N–H and O–H groups in total. The summed E-state index contributed by atoms with van der Waals surface area (Å²) >= 11 is 3.59. The normalized spacial score (nSPS) is 21.8. The minimum Gasteiger partial charge on any atom is -0.460 e. The standard InChI is InChI=1S/C16H25BrO2/c1-11(10-13-8-6-7-9-14(13)17)12(2)15(18)19-16(3,4)5/h9-12H,6-8H2,1-5H3/b13-10-/t11-,12-/m0/s1. The van der Waals surface area contributed by atoms with Gasteiger partial charge < -0.3 is 4.74 Å². The lowest BCUT2D eigenvalue weighted by Crippen LogP contribution is -2.30. The van der Waals surface area contributed by atoms with Crippen molar-refractivity contribution in [1.29, 1.82) is 0 Å². The number of hydrogen-bond donors (Lipinski definition) is 0. The van der Waals surface area contributed by atoms with Crippen LogP contribution in [-0.2, 0) is 9.53 Å². The lowest BCUT2D eigenvalue weighted by atomic mass is 9.91. The lowest BCUT2D eigenvalue weighted by Gasteiger charge is -2.24. The third-order valence-corrected chi connectivity index (χ3v) is 4.14. The van der Waals surface area contributed by atoms with Crippen LogP contribution in [0.5, 0.6) is 0 Å². The highest BCUT2D eigenvalue weighted by Crippen LogP contribution is 2.31. The number of esters is 1. The maximum atomic E-state index is 12.0. The molecule has 19 heavy (non-hydrogen) atoms. The van der Waals surface area contributed by atoms with E-state index in [2.05, 4.69) is 35.0 Å². The molecule has 0 heterocycles. The SMILES string of the molecule is C[C@H](C(=O)OC(C)(C)C)[C@@H](C)/C=C1/CCCC=C1Br. The fourth-order valence-corrected chi connectivity index (χ4v) is 2.57. The highest BCUT2D eigenvalue weighted by Gasteiger charge is 2.25. The van der Waals surface area contributed by atoms with Gasteiger partial charge in [0.15, 0.2) is 0 Å². The van der Waals surface area contributed by atoms with E-state index in [0.717, 1.165) is 12.8 Å². The summed E-state index contributed by atoms with van der Waals surface area (Å²) in [7, 11) is 0. The van der Waals surface area contributed by atoms with Crippen molar-refractivity contribution in [2.75, 3.05) is 0 Å². The molecule has 0 saturated heterocycles. The summed E-state index contributed by atoms with van der Waals surface area (Å²) in [5.74, 6) is -0.0504. The van der Waals surface area contributed by atoms with Gasteiger partial charge >= 0.3 is 5.97 Å². The molecule has 108 valence electrons. The van der Waals surface area contributed by atoms with Crippen LogP contribution in [0.1, 0.15) is 53.9 Å². The van der Waals surface area contributed by atoms with Crippen LogP contribution < -0.4 is 0 Å². The van der Waals surface area contributed by atoms with E-state index in [0.29, 0.717) is 0 Å². The molecule has 0 bridgehead atoms. The molecule has 0 fully saturated rings. The van der Waals surface area contributed by atoms with Crippen molar-refractivity contribution in [3.05, 3.63) is 22.2 Å². The molecule has 3 heteroatoms. The van der Waals surface area contributed by atoms with Crippen LogP contribution in [0.2, 0.25) is 0 Å². The highest BCUT2D eigenvalue weighted by atomic mass is 79.9. The molecule has 1 aliphatic carbocycles. The molecule has 2 atom stereocenters. The number of carbonyl (C=O) groups is 1. The van der Waals surface area contributed by atoms with E-state index in [4.69, 9.17) is 4.74 Å². The highest BCUT2D eigenvalue weighted by molar-refractivity contribution is 9.12. The van der Waals surface area contributed by atoms with Gasteiger partial charge in [-0.05, 0) is 51.5 Å². The summed E-state index contributed by atoms with van der Waals surface area (Å²) in [6.07, 6.45) is 7.82. The smallest absolute Gasteiger partial charge is 0.309 e. The van der Waals surface area contributed by atoms with Crippen molar-refractivity contribution in [3.63, 3.8) is 0 Å². The van der Waals surface area contributed by atoms with Crippen LogP contribution in [0.3, 0.4) is 0 Å². The van der Waals surface area contributed by atoms with Crippen LogP contribution in [0.4, 0.5) is 0 Å². The molecule has 0 aliphatic heterocycles. The molecular weight excluding hydrogens is 304 g/mol. The third kappa shape index (κ3) is 5.52. The maximum absolute atomic E-state index is 12.0. The molecule has 2 nitrogen and oxygen atoms in total. The van der Waals surface area contributed by atoms with Crippen molar-refractivity contribution in [2.45, 2.75) is 59.5 Å². The minimum atomic E-state index is -0.413. The number of ether oxygens (including phenoxy) is 1. The zero-order chi connectivity index (χ0) is 14.6. The molecule has 1 rings (SSSR count). The van der Waals surface area contributed by atoms with Gasteiger partial charge in [0.1, 0.15) is 5.60 Å².